The minimum atomic E-state index is -0.425. The fourth-order valence-corrected chi connectivity index (χ4v) is 5.59. The Balaban J connectivity index is 1.12. The predicted octanol–water partition coefficient (Wildman–Crippen LogP) is 4.07. The van der Waals surface area contributed by atoms with Gasteiger partial charge in [0.05, 0.1) is 6.67 Å². The van der Waals surface area contributed by atoms with Crippen molar-refractivity contribution in [1.29, 1.82) is 0 Å². The number of piperazine rings is 1. The summed E-state index contributed by atoms with van der Waals surface area (Å²) in [7, 11) is 0. The lowest BCUT2D eigenvalue weighted by molar-refractivity contribution is -0.121. The highest BCUT2D eigenvalue weighted by Crippen LogP contribution is 2.34. The van der Waals surface area contributed by atoms with Crippen LogP contribution in [0.4, 0.5) is 21.9 Å². The number of rotatable bonds is 7. The van der Waals surface area contributed by atoms with Gasteiger partial charge in [0.15, 0.2) is 11.5 Å². The summed E-state index contributed by atoms with van der Waals surface area (Å²) in [5.41, 5.74) is 6.76. The summed E-state index contributed by atoms with van der Waals surface area (Å²) in [5.74, 6) is 1.26. The number of nitrogens with one attached hydrogen (secondary N) is 2. The number of fused-ring (bicyclic) bond motifs is 1. The van der Waals surface area contributed by atoms with Gasteiger partial charge < -0.3 is 19.7 Å². The van der Waals surface area contributed by atoms with E-state index in [1.807, 2.05) is 74.5 Å². The molecule has 0 radical (unpaired) electrons. The summed E-state index contributed by atoms with van der Waals surface area (Å²) in [6, 6.07) is 23.2. The molecule has 0 saturated carbocycles. The van der Waals surface area contributed by atoms with Crippen molar-refractivity contribution in [3.63, 3.8) is 0 Å². The van der Waals surface area contributed by atoms with E-state index < -0.39 is 6.04 Å². The number of carbonyl (C=O) groups is 2. The SMILES string of the molecule is CC(C)N1NCN(c2ccc(N3CCN(C(C(=O)Nc4ccc5c(c4)OCCO5)c4ccccc4)CC3)cc2)C1=O. The van der Waals surface area contributed by atoms with Crippen LogP contribution in [-0.4, -0.2) is 74.0 Å². The number of benzene rings is 3. The minimum Gasteiger partial charge on any atom is -0.486 e. The predicted molar refractivity (Wildman–Crippen MR) is 158 cm³/mol. The number of urea groups is 1. The number of hydrogen-bond donors (Lipinski definition) is 2. The topological polar surface area (TPSA) is 89.6 Å². The van der Waals surface area contributed by atoms with Gasteiger partial charge >= 0.3 is 6.03 Å². The molecule has 0 bridgehead atoms. The van der Waals surface area contributed by atoms with Gasteiger partial charge in [-0.3, -0.25) is 19.6 Å². The molecular weight excluding hydrogens is 520 g/mol. The van der Waals surface area contributed by atoms with Gasteiger partial charge in [-0.15, -0.1) is 0 Å². The summed E-state index contributed by atoms with van der Waals surface area (Å²) in [6.45, 7) is 8.48. The maximum atomic E-state index is 13.7. The van der Waals surface area contributed by atoms with E-state index in [1.54, 1.807) is 9.91 Å². The van der Waals surface area contributed by atoms with Gasteiger partial charge in [0.25, 0.3) is 0 Å². The van der Waals surface area contributed by atoms with E-state index in [2.05, 4.69) is 32.7 Å². The Hall–Kier alpha value is -4.28. The summed E-state index contributed by atoms with van der Waals surface area (Å²) >= 11 is 0. The molecule has 2 fully saturated rings. The number of carbonyl (C=O) groups excluding carboxylic acids is 2. The Kier molecular flexibility index (Phi) is 7.67. The van der Waals surface area contributed by atoms with Crippen molar-refractivity contribution in [2.24, 2.45) is 0 Å². The normalized spacial score (nSPS) is 18.1. The third-order valence-corrected chi connectivity index (χ3v) is 7.73. The highest BCUT2D eigenvalue weighted by molar-refractivity contribution is 5.96. The molecule has 3 aliphatic heterocycles. The molecule has 3 aromatic carbocycles. The largest absolute Gasteiger partial charge is 0.486 e. The second-order valence-corrected chi connectivity index (χ2v) is 10.7. The second-order valence-electron chi connectivity index (χ2n) is 10.7. The maximum Gasteiger partial charge on any atom is 0.340 e. The van der Waals surface area contributed by atoms with Crippen LogP contribution in [0.2, 0.25) is 0 Å². The third kappa shape index (κ3) is 5.66. The van der Waals surface area contributed by atoms with Crippen molar-refractivity contribution in [2.45, 2.75) is 25.9 Å². The number of anilines is 3. The molecule has 3 aromatic rings. The number of amides is 3. The van der Waals surface area contributed by atoms with Crippen LogP contribution in [0.15, 0.2) is 72.8 Å². The molecule has 41 heavy (non-hydrogen) atoms. The van der Waals surface area contributed by atoms with E-state index in [-0.39, 0.29) is 18.0 Å². The minimum absolute atomic E-state index is 0.0390. The first-order valence-electron chi connectivity index (χ1n) is 14.2. The quantitative estimate of drug-likeness (QED) is 0.454. The maximum absolute atomic E-state index is 13.7. The molecule has 10 heteroatoms. The number of ether oxygens (including phenoxy) is 2. The van der Waals surface area contributed by atoms with Crippen LogP contribution in [0.1, 0.15) is 25.5 Å². The first-order chi connectivity index (χ1) is 20.0. The van der Waals surface area contributed by atoms with E-state index in [4.69, 9.17) is 9.47 Å². The summed E-state index contributed by atoms with van der Waals surface area (Å²) in [5, 5.41) is 4.76. The van der Waals surface area contributed by atoms with Crippen LogP contribution in [0.3, 0.4) is 0 Å². The monoisotopic (exact) mass is 556 g/mol. The lowest BCUT2D eigenvalue weighted by Gasteiger charge is -2.40. The fraction of sp³-hybridized carbons (Fsp3) is 0.355. The third-order valence-electron chi connectivity index (χ3n) is 7.73. The zero-order chi connectivity index (χ0) is 28.3. The van der Waals surface area contributed by atoms with Gasteiger partial charge in [-0.25, -0.2) is 10.2 Å². The average molecular weight is 557 g/mol. The zero-order valence-electron chi connectivity index (χ0n) is 23.5. The van der Waals surface area contributed by atoms with Crippen LogP contribution < -0.4 is 30.0 Å². The van der Waals surface area contributed by atoms with E-state index in [0.29, 0.717) is 37.1 Å². The molecule has 214 valence electrons. The zero-order valence-corrected chi connectivity index (χ0v) is 23.5. The molecule has 10 nitrogen and oxygen atoms in total. The van der Waals surface area contributed by atoms with E-state index in [1.165, 1.54) is 0 Å². The lowest BCUT2D eigenvalue weighted by atomic mass is 10.0. The van der Waals surface area contributed by atoms with Crippen LogP contribution in [-0.2, 0) is 4.79 Å². The molecule has 3 heterocycles. The average Bonchev–Trinajstić information content (AvgIpc) is 3.40. The molecular formula is C31H36N6O4. The smallest absolute Gasteiger partial charge is 0.340 e. The molecule has 0 aliphatic carbocycles. The van der Waals surface area contributed by atoms with E-state index >= 15 is 0 Å². The Labute approximate surface area is 240 Å². The molecule has 3 amide bonds. The van der Waals surface area contributed by atoms with Crippen LogP contribution >= 0.6 is 0 Å². The van der Waals surface area contributed by atoms with Gasteiger partial charge in [-0.2, -0.15) is 0 Å². The molecule has 2 N–H and O–H groups in total. The summed E-state index contributed by atoms with van der Waals surface area (Å²) < 4.78 is 11.3. The number of nitrogens with zero attached hydrogens (tertiary/aromatic N) is 4. The van der Waals surface area contributed by atoms with Gasteiger partial charge in [0.2, 0.25) is 5.91 Å². The first kappa shape index (κ1) is 26.9. The standard InChI is InChI=1S/C31H36N6O4/c1-22(2)37-31(39)36(21-32-37)26-11-9-25(10-12-26)34-14-16-35(17-15-34)29(23-6-4-3-5-7-23)30(38)33-24-8-13-27-28(20-24)41-19-18-40-27/h3-13,20,22,29,32H,14-19,21H2,1-2H3,(H,33,38). The molecule has 0 aromatic heterocycles. The van der Waals surface area contributed by atoms with Crippen LogP contribution in [0.5, 0.6) is 11.5 Å². The highest BCUT2D eigenvalue weighted by Gasteiger charge is 2.32. The molecule has 1 unspecified atom stereocenters. The van der Waals surface area contributed by atoms with Crippen molar-refractivity contribution in [3.8, 4) is 11.5 Å². The molecule has 6 rings (SSSR count). The van der Waals surface area contributed by atoms with Gasteiger partial charge in [0, 0.05) is 55.3 Å². The highest BCUT2D eigenvalue weighted by atomic mass is 16.6. The van der Waals surface area contributed by atoms with Crippen LogP contribution in [0, 0.1) is 0 Å². The Morgan fingerprint density at radius 1 is 0.854 bits per heavy atom. The first-order valence-corrected chi connectivity index (χ1v) is 14.2. The van der Waals surface area contributed by atoms with Gasteiger partial charge in [-0.05, 0) is 55.8 Å². The van der Waals surface area contributed by atoms with Gasteiger partial charge in [0.1, 0.15) is 19.3 Å². The fourth-order valence-electron chi connectivity index (χ4n) is 5.59. The molecule has 2 saturated heterocycles. The van der Waals surface area contributed by atoms with Crippen molar-refractivity contribution in [1.82, 2.24) is 15.3 Å². The molecule has 0 spiro atoms. The van der Waals surface area contributed by atoms with E-state index in [9.17, 15) is 9.59 Å². The van der Waals surface area contributed by atoms with Crippen molar-refractivity contribution >= 4 is 29.0 Å². The van der Waals surface area contributed by atoms with Crippen molar-refractivity contribution in [2.75, 3.05) is 61.2 Å². The Bertz CT molecular complexity index is 1380. The lowest BCUT2D eigenvalue weighted by Crippen LogP contribution is -2.50. The van der Waals surface area contributed by atoms with E-state index in [0.717, 1.165) is 43.1 Å². The van der Waals surface area contributed by atoms with Gasteiger partial charge in [-0.1, -0.05) is 30.3 Å². The Morgan fingerprint density at radius 3 is 2.22 bits per heavy atom. The summed E-state index contributed by atoms with van der Waals surface area (Å²) in [6.07, 6.45) is 0. The molecule has 3 aliphatic rings. The number of hydrogen-bond acceptors (Lipinski definition) is 7. The number of hydrazine groups is 1. The summed E-state index contributed by atoms with van der Waals surface area (Å²) in [4.78, 5) is 32.7. The molecule has 1 atom stereocenters. The van der Waals surface area contributed by atoms with Crippen molar-refractivity contribution in [3.05, 3.63) is 78.4 Å². The van der Waals surface area contributed by atoms with Crippen molar-refractivity contribution < 1.29 is 19.1 Å². The Morgan fingerprint density at radius 2 is 1.54 bits per heavy atom. The second kappa shape index (κ2) is 11.7. The van der Waals surface area contributed by atoms with Crippen LogP contribution in [0.25, 0.3) is 0 Å².